The Hall–Kier alpha value is -1.99. The van der Waals surface area contributed by atoms with E-state index in [1.54, 1.807) is 6.33 Å². The molecule has 0 aliphatic rings. The van der Waals surface area contributed by atoms with E-state index in [9.17, 15) is 5.11 Å². The predicted molar refractivity (Wildman–Crippen MR) is 84.1 cm³/mol. The number of anilines is 1. The average Bonchev–Trinajstić information content (AvgIpc) is 2.99. The molecule has 108 valence electrons. The highest BCUT2D eigenvalue weighted by Gasteiger charge is 2.17. The Kier molecular flexibility index (Phi) is 4.12. The van der Waals surface area contributed by atoms with Gasteiger partial charge in [0.05, 0.1) is 18.6 Å². The second-order valence-electron chi connectivity index (χ2n) is 4.63. The SMILES string of the molecule is OCC(CNc1ccc(Br)cc1)c1ncnc2nc[nH]c12. The summed E-state index contributed by atoms with van der Waals surface area (Å²) in [5.41, 5.74) is 3.15. The standard InChI is InChI=1S/C14H14BrN5O/c15-10-1-3-11(4-2-10)16-5-9(6-21)12-13-14(19-7-17-12)20-8-18-13/h1-4,7-9,16,21H,5-6H2,(H,17,18,19,20). The van der Waals surface area contributed by atoms with Gasteiger partial charge in [-0.1, -0.05) is 15.9 Å². The monoisotopic (exact) mass is 347 g/mol. The van der Waals surface area contributed by atoms with Gasteiger partial charge in [-0.15, -0.1) is 0 Å². The van der Waals surface area contributed by atoms with Crippen molar-refractivity contribution in [2.24, 2.45) is 0 Å². The molecule has 6 nitrogen and oxygen atoms in total. The zero-order valence-corrected chi connectivity index (χ0v) is 12.7. The van der Waals surface area contributed by atoms with Crippen molar-refractivity contribution in [1.29, 1.82) is 0 Å². The molecule has 1 atom stereocenters. The third-order valence-electron chi connectivity index (χ3n) is 3.26. The van der Waals surface area contributed by atoms with Gasteiger partial charge in [-0.25, -0.2) is 15.0 Å². The molecule has 7 heteroatoms. The number of hydrogen-bond donors (Lipinski definition) is 3. The van der Waals surface area contributed by atoms with Gasteiger partial charge >= 0.3 is 0 Å². The first-order valence-corrected chi connectivity index (χ1v) is 7.31. The number of halogens is 1. The number of rotatable bonds is 5. The summed E-state index contributed by atoms with van der Waals surface area (Å²) in [5, 5.41) is 13.0. The van der Waals surface area contributed by atoms with Crippen molar-refractivity contribution >= 4 is 32.8 Å². The van der Waals surface area contributed by atoms with Gasteiger partial charge in [-0.05, 0) is 24.3 Å². The number of H-pyrrole nitrogens is 1. The summed E-state index contributed by atoms with van der Waals surface area (Å²) >= 11 is 3.40. The molecule has 0 fully saturated rings. The first kappa shape index (κ1) is 14.0. The number of aromatic nitrogens is 4. The second kappa shape index (κ2) is 6.19. The number of fused-ring (bicyclic) bond motifs is 1. The minimum atomic E-state index is -0.139. The molecule has 3 rings (SSSR count). The number of nitrogens with one attached hydrogen (secondary N) is 2. The smallest absolute Gasteiger partial charge is 0.180 e. The van der Waals surface area contributed by atoms with Gasteiger partial charge in [-0.2, -0.15) is 0 Å². The molecule has 2 heterocycles. The van der Waals surface area contributed by atoms with E-state index in [1.807, 2.05) is 24.3 Å². The predicted octanol–water partition coefficient (Wildman–Crippen LogP) is 2.30. The van der Waals surface area contributed by atoms with Crippen LogP contribution in [-0.4, -0.2) is 38.2 Å². The maximum Gasteiger partial charge on any atom is 0.180 e. The van der Waals surface area contributed by atoms with Gasteiger partial charge < -0.3 is 15.4 Å². The first-order valence-electron chi connectivity index (χ1n) is 6.52. The van der Waals surface area contributed by atoms with Crippen molar-refractivity contribution < 1.29 is 5.11 Å². The first-order chi connectivity index (χ1) is 10.3. The Morgan fingerprint density at radius 3 is 2.76 bits per heavy atom. The molecule has 0 spiro atoms. The zero-order valence-electron chi connectivity index (χ0n) is 11.1. The molecular formula is C14H14BrN5O. The fourth-order valence-electron chi connectivity index (χ4n) is 2.15. The Morgan fingerprint density at radius 1 is 1.19 bits per heavy atom. The van der Waals surface area contributed by atoms with E-state index in [1.165, 1.54) is 6.33 Å². The minimum absolute atomic E-state index is 0.00530. The summed E-state index contributed by atoms with van der Waals surface area (Å²) < 4.78 is 1.03. The average molecular weight is 348 g/mol. The summed E-state index contributed by atoms with van der Waals surface area (Å²) in [6, 6.07) is 7.89. The van der Waals surface area contributed by atoms with Crippen LogP contribution in [0.4, 0.5) is 5.69 Å². The summed E-state index contributed by atoms with van der Waals surface area (Å²) in [5.74, 6) is -0.139. The number of aliphatic hydroxyl groups is 1. The van der Waals surface area contributed by atoms with E-state index < -0.39 is 0 Å². The molecule has 0 radical (unpaired) electrons. The van der Waals surface area contributed by atoms with Gasteiger partial charge in [0.15, 0.2) is 5.65 Å². The Balaban J connectivity index is 1.79. The van der Waals surface area contributed by atoms with Crippen LogP contribution in [0.1, 0.15) is 11.6 Å². The molecule has 3 N–H and O–H groups in total. The topological polar surface area (TPSA) is 86.7 Å². The lowest BCUT2D eigenvalue weighted by atomic mass is 10.1. The highest BCUT2D eigenvalue weighted by molar-refractivity contribution is 9.10. The largest absolute Gasteiger partial charge is 0.396 e. The molecule has 0 aliphatic carbocycles. The summed E-state index contributed by atoms with van der Waals surface area (Å²) in [4.78, 5) is 15.5. The van der Waals surface area contributed by atoms with Crippen molar-refractivity contribution in [3.63, 3.8) is 0 Å². The fourth-order valence-corrected chi connectivity index (χ4v) is 2.41. The number of benzene rings is 1. The van der Waals surface area contributed by atoms with E-state index in [2.05, 4.69) is 41.2 Å². The maximum absolute atomic E-state index is 9.66. The molecular weight excluding hydrogens is 334 g/mol. The van der Waals surface area contributed by atoms with Crippen LogP contribution < -0.4 is 5.32 Å². The molecule has 0 saturated carbocycles. The Bertz CT molecular complexity index is 728. The number of hydrogen-bond acceptors (Lipinski definition) is 5. The number of nitrogens with zero attached hydrogens (tertiary/aromatic N) is 3. The lowest BCUT2D eigenvalue weighted by molar-refractivity contribution is 0.268. The second-order valence-corrected chi connectivity index (χ2v) is 5.54. The van der Waals surface area contributed by atoms with Crippen molar-refractivity contribution in [2.45, 2.75) is 5.92 Å². The normalized spacial score (nSPS) is 12.5. The lowest BCUT2D eigenvalue weighted by Crippen LogP contribution is -2.18. The number of imidazole rings is 1. The van der Waals surface area contributed by atoms with Crippen LogP contribution in [0.2, 0.25) is 0 Å². The highest BCUT2D eigenvalue weighted by atomic mass is 79.9. The van der Waals surface area contributed by atoms with Crippen molar-refractivity contribution in [3.05, 3.63) is 47.1 Å². The van der Waals surface area contributed by atoms with Gasteiger partial charge in [-0.3, -0.25) is 0 Å². The Labute approximate surface area is 129 Å². The van der Waals surface area contributed by atoms with Crippen LogP contribution in [-0.2, 0) is 0 Å². The number of aromatic amines is 1. The molecule has 1 unspecified atom stereocenters. The molecule has 3 aromatic rings. The summed E-state index contributed by atoms with van der Waals surface area (Å²) in [6.07, 6.45) is 3.06. The van der Waals surface area contributed by atoms with Crippen LogP contribution in [0.3, 0.4) is 0 Å². The third kappa shape index (κ3) is 3.03. The van der Waals surface area contributed by atoms with E-state index >= 15 is 0 Å². The van der Waals surface area contributed by atoms with Crippen LogP contribution >= 0.6 is 15.9 Å². The van der Waals surface area contributed by atoms with Gasteiger partial charge in [0, 0.05) is 22.6 Å². The van der Waals surface area contributed by atoms with E-state index in [0.717, 1.165) is 21.4 Å². The minimum Gasteiger partial charge on any atom is -0.396 e. The molecule has 2 aromatic heterocycles. The Morgan fingerprint density at radius 2 is 2.00 bits per heavy atom. The third-order valence-corrected chi connectivity index (χ3v) is 3.78. The molecule has 0 saturated heterocycles. The van der Waals surface area contributed by atoms with Crippen LogP contribution in [0, 0.1) is 0 Å². The van der Waals surface area contributed by atoms with Gasteiger partial charge in [0.25, 0.3) is 0 Å². The molecule has 1 aromatic carbocycles. The quantitative estimate of drug-likeness (QED) is 0.659. The highest BCUT2D eigenvalue weighted by Crippen LogP contribution is 2.21. The van der Waals surface area contributed by atoms with Crippen molar-refractivity contribution in [3.8, 4) is 0 Å². The fraction of sp³-hybridized carbons (Fsp3) is 0.214. The maximum atomic E-state index is 9.66. The molecule has 0 bridgehead atoms. The summed E-state index contributed by atoms with van der Waals surface area (Å²) in [6.45, 7) is 0.567. The number of aliphatic hydroxyl groups excluding tert-OH is 1. The van der Waals surface area contributed by atoms with Crippen LogP contribution in [0.5, 0.6) is 0 Å². The molecule has 21 heavy (non-hydrogen) atoms. The van der Waals surface area contributed by atoms with Crippen LogP contribution in [0.25, 0.3) is 11.2 Å². The zero-order chi connectivity index (χ0) is 14.7. The van der Waals surface area contributed by atoms with Gasteiger partial charge in [0.2, 0.25) is 0 Å². The van der Waals surface area contributed by atoms with E-state index in [-0.39, 0.29) is 12.5 Å². The van der Waals surface area contributed by atoms with Gasteiger partial charge in [0.1, 0.15) is 11.8 Å². The molecule has 0 amide bonds. The molecule has 0 aliphatic heterocycles. The van der Waals surface area contributed by atoms with Crippen molar-refractivity contribution in [1.82, 2.24) is 19.9 Å². The van der Waals surface area contributed by atoms with Crippen molar-refractivity contribution in [2.75, 3.05) is 18.5 Å². The van der Waals surface area contributed by atoms with E-state index in [4.69, 9.17) is 0 Å². The van der Waals surface area contributed by atoms with Crippen LogP contribution in [0.15, 0.2) is 41.4 Å². The lowest BCUT2D eigenvalue weighted by Gasteiger charge is -2.15. The summed E-state index contributed by atoms with van der Waals surface area (Å²) in [7, 11) is 0. The van der Waals surface area contributed by atoms with E-state index in [0.29, 0.717) is 12.2 Å².